The summed E-state index contributed by atoms with van der Waals surface area (Å²) in [5, 5.41) is 7.43. The van der Waals surface area contributed by atoms with Crippen LogP contribution in [-0.2, 0) is 13.6 Å². The Morgan fingerprint density at radius 3 is 2.76 bits per heavy atom. The van der Waals surface area contributed by atoms with E-state index in [1.54, 1.807) is 11.0 Å². The van der Waals surface area contributed by atoms with E-state index in [1.165, 1.54) is 12.8 Å². The summed E-state index contributed by atoms with van der Waals surface area (Å²) in [6.07, 6.45) is 5.25. The molecule has 21 heavy (non-hydrogen) atoms. The number of nitrogens with zero attached hydrogens (tertiary/aromatic N) is 5. The summed E-state index contributed by atoms with van der Waals surface area (Å²) in [6, 6.07) is 0. The van der Waals surface area contributed by atoms with Crippen molar-refractivity contribution in [1.82, 2.24) is 25.0 Å². The zero-order valence-electron chi connectivity index (χ0n) is 14.1. The van der Waals surface area contributed by atoms with Gasteiger partial charge in [0.15, 0.2) is 5.96 Å². The van der Waals surface area contributed by atoms with Gasteiger partial charge < -0.3 is 10.2 Å². The molecule has 0 amide bonds. The van der Waals surface area contributed by atoms with Crippen molar-refractivity contribution in [2.24, 2.45) is 18.0 Å². The minimum atomic E-state index is 0.703. The van der Waals surface area contributed by atoms with Crippen LogP contribution < -0.4 is 5.32 Å². The molecule has 0 aromatic carbocycles. The predicted molar refractivity (Wildman–Crippen MR) is 87.1 cm³/mol. The number of guanidine groups is 1. The molecule has 0 radical (unpaired) electrons. The van der Waals surface area contributed by atoms with Gasteiger partial charge in [0.1, 0.15) is 12.2 Å². The maximum atomic E-state index is 4.69. The first kappa shape index (κ1) is 17.5. The van der Waals surface area contributed by atoms with Gasteiger partial charge in [0.05, 0.1) is 6.54 Å². The highest BCUT2D eigenvalue weighted by atomic mass is 15.4. The molecule has 0 aliphatic heterocycles. The molecule has 0 spiro atoms. The van der Waals surface area contributed by atoms with Gasteiger partial charge in [0, 0.05) is 27.2 Å². The average Bonchev–Trinajstić information content (AvgIpc) is 2.82. The third-order valence-electron chi connectivity index (χ3n) is 3.33. The fraction of sp³-hybridized carbons (Fsp3) is 0.800. The second-order valence-corrected chi connectivity index (χ2v) is 5.78. The maximum Gasteiger partial charge on any atom is 0.194 e. The number of hydrogen-bond donors (Lipinski definition) is 1. The zero-order chi connectivity index (χ0) is 15.7. The monoisotopic (exact) mass is 294 g/mol. The minimum absolute atomic E-state index is 0.703. The number of rotatable bonds is 8. The highest BCUT2D eigenvalue weighted by Gasteiger charge is 2.09. The van der Waals surface area contributed by atoms with Gasteiger partial charge in [-0.2, -0.15) is 5.10 Å². The van der Waals surface area contributed by atoms with Crippen LogP contribution in [0.5, 0.6) is 0 Å². The Morgan fingerprint density at radius 2 is 2.19 bits per heavy atom. The van der Waals surface area contributed by atoms with Crippen LogP contribution in [0.4, 0.5) is 0 Å². The molecule has 0 aliphatic carbocycles. The number of aliphatic imine (C=N–C) groups is 1. The summed E-state index contributed by atoms with van der Waals surface area (Å²) in [6.45, 7) is 9.06. The summed E-state index contributed by atoms with van der Waals surface area (Å²) in [7, 11) is 3.94. The number of aryl methyl sites for hydroxylation is 1. The fourth-order valence-electron chi connectivity index (χ4n) is 2.07. The Labute approximate surface area is 128 Å². The van der Waals surface area contributed by atoms with Crippen LogP contribution in [-0.4, -0.2) is 45.8 Å². The minimum Gasteiger partial charge on any atom is -0.357 e. The molecule has 0 bridgehead atoms. The molecule has 1 N–H and O–H groups in total. The van der Waals surface area contributed by atoms with E-state index < -0.39 is 0 Å². The molecule has 1 rings (SSSR count). The van der Waals surface area contributed by atoms with Crippen LogP contribution >= 0.6 is 0 Å². The first-order chi connectivity index (χ1) is 10.0. The summed E-state index contributed by atoms with van der Waals surface area (Å²) < 4.78 is 1.79. The molecule has 0 atom stereocenters. The average molecular weight is 294 g/mol. The van der Waals surface area contributed by atoms with E-state index >= 15 is 0 Å². The van der Waals surface area contributed by atoms with E-state index in [0.29, 0.717) is 6.54 Å². The third-order valence-corrected chi connectivity index (χ3v) is 3.33. The fourth-order valence-corrected chi connectivity index (χ4v) is 2.07. The van der Waals surface area contributed by atoms with Crippen molar-refractivity contribution in [3.63, 3.8) is 0 Å². The normalized spacial score (nSPS) is 12.0. The van der Waals surface area contributed by atoms with Crippen molar-refractivity contribution in [2.45, 2.75) is 46.6 Å². The van der Waals surface area contributed by atoms with Crippen LogP contribution in [0, 0.1) is 5.92 Å². The van der Waals surface area contributed by atoms with E-state index in [0.717, 1.165) is 37.2 Å². The topological polar surface area (TPSA) is 58.3 Å². The van der Waals surface area contributed by atoms with E-state index in [9.17, 15) is 0 Å². The highest BCUT2D eigenvalue weighted by Crippen LogP contribution is 2.06. The quantitative estimate of drug-likeness (QED) is 0.453. The summed E-state index contributed by atoms with van der Waals surface area (Å²) in [5.74, 6) is 2.65. The number of aromatic nitrogens is 3. The van der Waals surface area contributed by atoms with Crippen LogP contribution in [0.3, 0.4) is 0 Å². The van der Waals surface area contributed by atoms with E-state index in [1.807, 2.05) is 14.1 Å². The van der Waals surface area contributed by atoms with Gasteiger partial charge in [-0.25, -0.2) is 4.98 Å². The Morgan fingerprint density at radius 1 is 1.43 bits per heavy atom. The third kappa shape index (κ3) is 6.60. The molecule has 1 heterocycles. The van der Waals surface area contributed by atoms with Gasteiger partial charge in [-0.05, 0) is 19.3 Å². The number of nitrogens with one attached hydrogen (secondary N) is 1. The van der Waals surface area contributed by atoms with Crippen molar-refractivity contribution in [3.05, 3.63) is 12.2 Å². The molecule has 1 aromatic heterocycles. The van der Waals surface area contributed by atoms with Gasteiger partial charge in [-0.15, -0.1) is 0 Å². The Balaban J connectivity index is 2.48. The number of hydrogen-bond acceptors (Lipinski definition) is 3. The lowest BCUT2D eigenvalue weighted by Crippen LogP contribution is -2.39. The molecule has 0 aliphatic rings. The summed E-state index contributed by atoms with van der Waals surface area (Å²) in [5.41, 5.74) is 0. The van der Waals surface area contributed by atoms with E-state index in [-0.39, 0.29) is 0 Å². The van der Waals surface area contributed by atoms with Crippen LogP contribution in [0.1, 0.15) is 45.9 Å². The van der Waals surface area contributed by atoms with Crippen molar-refractivity contribution in [1.29, 1.82) is 0 Å². The Hall–Kier alpha value is -1.59. The van der Waals surface area contributed by atoms with Gasteiger partial charge in [-0.1, -0.05) is 26.7 Å². The lowest BCUT2D eigenvalue weighted by molar-refractivity contribution is 0.447. The number of unbranched alkanes of at least 4 members (excludes halogenated alkanes) is 1. The van der Waals surface area contributed by atoms with Crippen molar-refractivity contribution >= 4 is 5.96 Å². The first-order valence-electron chi connectivity index (χ1n) is 7.86. The molecular formula is C15H30N6. The second kappa shape index (κ2) is 9.37. The molecular weight excluding hydrogens is 264 g/mol. The molecule has 120 valence electrons. The van der Waals surface area contributed by atoms with Crippen LogP contribution in [0.2, 0.25) is 0 Å². The van der Waals surface area contributed by atoms with Gasteiger partial charge >= 0.3 is 0 Å². The maximum absolute atomic E-state index is 4.69. The lowest BCUT2D eigenvalue weighted by Gasteiger charge is -2.21. The highest BCUT2D eigenvalue weighted by molar-refractivity contribution is 5.79. The van der Waals surface area contributed by atoms with Gasteiger partial charge in [0.2, 0.25) is 0 Å². The van der Waals surface area contributed by atoms with Gasteiger partial charge in [-0.3, -0.25) is 9.67 Å². The summed E-state index contributed by atoms with van der Waals surface area (Å²) >= 11 is 0. The first-order valence-corrected chi connectivity index (χ1v) is 7.86. The largest absolute Gasteiger partial charge is 0.357 e. The smallest absolute Gasteiger partial charge is 0.194 e. The van der Waals surface area contributed by atoms with Crippen molar-refractivity contribution < 1.29 is 0 Å². The van der Waals surface area contributed by atoms with Crippen molar-refractivity contribution in [2.75, 3.05) is 20.1 Å². The van der Waals surface area contributed by atoms with Crippen molar-refractivity contribution in [3.8, 4) is 0 Å². The Bertz CT molecular complexity index is 424. The van der Waals surface area contributed by atoms with E-state index in [4.69, 9.17) is 4.99 Å². The standard InChI is InChI=1S/C15H30N6/c1-6-16-15(17-10-8-7-9-13(2)3)20(4)11-14-18-12-19-21(14)5/h12-13H,6-11H2,1-5H3,(H,16,17). The summed E-state index contributed by atoms with van der Waals surface area (Å²) in [4.78, 5) is 11.0. The SMILES string of the molecule is CCNC(=NCCCCC(C)C)N(C)Cc1ncnn1C. The zero-order valence-corrected chi connectivity index (χ0v) is 14.1. The van der Waals surface area contributed by atoms with Gasteiger partial charge in [0.25, 0.3) is 0 Å². The van der Waals surface area contributed by atoms with Crippen LogP contribution in [0.15, 0.2) is 11.3 Å². The lowest BCUT2D eigenvalue weighted by atomic mass is 10.1. The second-order valence-electron chi connectivity index (χ2n) is 5.78. The van der Waals surface area contributed by atoms with Crippen LogP contribution in [0.25, 0.3) is 0 Å². The Kier molecular flexibility index (Phi) is 7.79. The molecule has 0 saturated heterocycles. The molecule has 6 heteroatoms. The molecule has 6 nitrogen and oxygen atoms in total. The van der Waals surface area contributed by atoms with E-state index in [2.05, 4.69) is 41.1 Å². The molecule has 0 unspecified atom stereocenters. The molecule has 0 fully saturated rings. The molecule has 1 aromatic rings. The molecule has 0 saturated carbocycles. The predicted octanol–water partition coefficient (Wildman–Crippen LogP) is 2.04.